The first kappa shape index (κ1) is 21.9. The van der Waals surface area contributed by atoms with Crippen LogP contribution in [0.3, 0.4) is 0 Å². The predicted octanol–water partition coefficient (Wildman–Crippen LogP) is 4.37. The van der Waals surface area contributed by atoms with E-state index in [0.717, 1.165) is 52.0 Å². The number of pyridine rings is 2. The van der Waals surface area contributed by atoms with Gasteiger partial charge in [0, 0.05) is 60.8 Å². The maximum Gasteiger partial charge on any atom is 0.160 e. The van der Waals surface area contributed by atoms with E-state index in [1.807, 2.05) is 25.5 Å². The topological polar surface area (TPSA) is 79.1 Å². The van der Waals surface area contributed by atoms with Gasteiger partial charge in [-0.2, -0.15) is 5.10 Å². The molecule has 4 aromatic rings. The van der Waals surface area contributed by atoms with Crippen molar-refractivity contribution in [3.8, 4) is 17.0 Å². The molecule has 2 atom stereocenters. The van der Waals surface area contributed by atoms with Crippen LogP contribution in [0.1, 0.15) is 38.2 Å². The van der Waals surface area contributed by atoms with Gasteiger partial charge in [-0.1, -0.05) is 0 Å². The SMILES string of the molecule is C[C@@H]1CN(c2cnc3nc(-c4cc5cn(C)nc5cc4O)cc(C4CC4)c3c2)C[C@H](C)N1.Cl. The summed E-state index contributed by atoms with van der Waals surface area (Å²) in [6, 6.07) is 9.01. The number of aryl methyl sites for hydroxylation is 1. The summed E-state index contributed by atoms with van der Waals surface area (Å²) in [5, 5.41) is 20.8. The Morgan fingerprint density at radius 3 is 2.55 bits per heavy atom. The molecule has 172 valence electrons. The van der Waals surface area contributed by atoms with Crippen LogP contribution in [0.15, 0.2) is 36.7 Å². The Morgan fingerprint density at radius 2 is 1.82 bits per heavy atom. The predicted molar refractivity (Wildman–Crippen MR) is 134 cm³/mol. The van der Waals surface area contributed by atoms with Crippen LogP contribution < -0.4 is 10.2 Å². The summed E-state index contributed by atoms with van der Waals surface area (Å²) in [6.45, 7) is 6.40. The summed E-state index contributed by atoms with van der Waals surface area (Å²) in [5.74, 6) is 0.742. The lowest BCUT2D eigenvalue weighted by molar-refractivity contribution is 0.407. The Labute approximate surface area is 199 Å². The largest absolute Gasteiger partial charge is 0.507 e. The molecule has 1 aromatic carbocycles. The number of piperazine rings is 1. The molecule has 7 nitrogen and oxygen atoms in total. The number of anilines is 1. The van der Waals surface area contributed by atoms with Gasteiger partial charge in [-0.3, -0.25) is 4.68 Å². The molecule has 33 heavy (non-hydrogen) atoms. The number of nitrogens with one attached hydrogen (secondary N) is 1. The van der Waals surface area contributed by atoms with E-state index in [2.05, 4.69) is 41.3 Å². The van der Waals surface area contributed by atoms with Crippen molar-refractivity contribution in [3.05, 3.63) is 42.2 Å². The number of phenols is 1. The first-order valence-electron chi connectivity index (χ1n) is 11.4. The third-order valence-electron chi connectivity index (χ3n) is 6.63. The van der Waals surface area contributed by atoms with Gasteiger partial charge >= 0.3 is 0 Å². The fraction of sp³-hybridized carbons (Fsp3) is 0.400. The Hall–Kier alpha value is -2.90. The van der Waals surface area contributed by atoms with Crippen molar-refractivity contribution in [2.45, 2.75) is 44.7 Å². The number of nitrogens with zero attached hydrogens (tertiary/aromatic N) is 5. The quantitative estimate of drug-likeness (QED) is 0.468. The lowest BCUT2D eigenvalue weighted by atomic mass is 10.0. The van der Waals surface area contributed by atoms with E-state index in [1.165, 1.54) is 18.4 Å². The van der Waals surface area contributed by atoms with Crippen molar-refractivity contribution in [2.24, 2.45) is 7.05 Å². The highest BCUT2D eigenvalue weighted by molar-refractivity contribution is 5.90. The molecule has 1 aliphatic heterocycles. The highest BCUT2D eigenvalue weighted by Crippen LogP contribution is 2.45. The van der Waals surface area contributed by atoms with Crippen LogP contribution in [0, 0.1) is 0 Å². The Bertz CT molecular complexity index is 1340. The van der Waals surface area contributed by atoms with Gasteiger partial charge in [0.15, 0.2) is 5.65 Å². The van der Waals surface area contributed by atoms with Gasteiger partial charge < -0.3 is 15.3 Å². The van der Waals surface area contributed by atoms with Crippen LogP contribution in [0.2, 0.25) is 0 Å². The number of aromatic nitrogens is 4. The molecule has 3 aromatic heterocycles. The molecule has 2 aliphatic rings. The van der Waals surface area contributed by atoms with Crippen LogP contribution in [0.4, 0.5) is 5.69 Å². The molecule has 0 amide bonds. The number of aromatic hydroxyl groups is 1. The van der Waals surface area contributed by atoms with E-state index in [-0.39, 0.29) is 18.2 Å². The van der Waals surface area contributed by atoms with E-state index in [1.54, 1.807) is 10.7 Å². The second-order valence-corrected chi connectivity index (χ2v) is 9.54. The number of hydrogen-bond donors (Lipinski definition) is 2. The summed E-state index contributed by atoms with van der Waals surface area (Å²) in [7, 11) is 1.89. The van der Waals surface area contributed by atoms with E-state index < -0.39 is 0 Å². The third kappa shape index (κ3) is 4.00. The molecular weight excluding hydrogens is 436 g/mol. The summed E-state index contributed by atoms with van der Waals surface area (Å²) >= 11 is 0. The molecule has 2 fully saturated rings. The lowest BCUT2D eigenvalue weighted by Gasteiger charge is -2.37. The minimum absolute atomic E-state index is 0. The minimum atomic E-state index is 0. The van der Waals surface area contributed by atoms with Crippen LogP contribution >= 0.6 is 12.4 Å². The Balaban J connectivity index is 0.00000228. The molecular formula is C25H29ClN6O. The zero-order valence-electron chi connectivity index (χ0n) is 19.1. The molecule has 2 N–H and O–H groups in total. The van der Waals surface area contributed by atoms with E-state index in [4.69, 9.17) is 9.97 Å². The van der Waals surface area contributed by atoms with Gasteiger partial charge in [0.2, 0.25) is 0 Å². The van der Waals surface area contributed by atoms with Gasteiger partial charge in [-0.05, 0) is 56.4 Å². The zero-order valence-corrected chi connectivity index (χ0v) is 19.9. The van der Waals surface area contributed by atoms with Crippen molar-refractivity contribution in [2.75, 3.05) is 18.0 Å². The van der Waals surface area contributed by atoms with Gasteiger partial charge in [-0.25, -0.2) is 9.97 Å². The van der Waals surface area contributed by atoms with E-state index in [9.17, 15) is 5.11 Å². The smallest absolute Gasteiger partial charge is 0.160 e. The van der Waals surface area contributed by atoms with Crippen LogP contribution in [0.25, 0.3) is 33.2 Å². The number of halogens is 1. The fourth-order valence-corrected chi connectivity index (χ4v) is 5.09. The van der Waals surface area contributed by atoms with Gasteiger partial charge in [0.05, 0.1) is 23.1 Å². The molecule has 1 saturated carbocycles. The van der Waals surface area contributed by atoms with Crippen LogP contribution in [-0.4, -0.2) is 50.0 Å². The molecule has 0 spiro atoms. The minimum Gasteiger partial charge on any atom is -0.507 e. The number of fused-ring (bicyclic) bond motifs is 2. The van der Waals surface area contributed by atoms with Crippen molar-refractivity contribution in [1.82, 2.24) is 25.1 Å². The first-order valence-corrected chi connectivity index (χ1v) is 11.4. The average molecular weight is 465 g/mol. The number of rotatable bonds is 3. The van der Waals surface area contributed by atoms with Crippen LogP contribution in [-0.2, 0) is 7.05 Å². The standard InChI is InChI=1S/C25H28N6O.ClH/c1-14-11-31(12-15(2)27-14)18-7-20-19(16-4-5-16)8-23(28-25(20)26-10-18)21-6-17-13-30(3)29-22(17)9-24(21)32;/h6-10,13-16,27,32H,4-5,11-12H2,1-3H3;1H/t14-,15+;. The monoisotopic (exact) mass is 464 g/mol. The molecule has 8 heteroatoms. The second-order valence-electron chi connectivity index (χ2n) is 9.54. The summed E-state index contributed by atoms with van der Waals surface area (Å²) < 4.78 is 1.76. The average Bonchev–Trinajstić information content (AvgIpc) is 3.53. The van der Waals surface area contributed by atoms with E-state index in [0.29, 0.717) is 18.0 Å². The Kier molecular flexibility index (Phi) is 5.41. The zero-order chi connectivity index (χ0) is 22.0. The third-order valence-corrected chi connectivity index (χ3v) is 6.63. The number of benzene rings is 1. The molecule has 6 rings (SSSR count). The summed E-state index contributed by atoms with van der Waals surface area (Å²) in [4.78, 5) is 12.1. The van der Waals surface area contributed by atoms with Crippen molar-refractivity contribution in [3.63, 3.8) is 0 Å². The molecule has 0 unspecified atom stereocenters. The molecule has 0 radical (unpaired) electrons. The van der Waals surface area contributed by atoms with Gasteiger partial charge in [-0.15, -0.1) is 12.4 Å². The van der Waals surface area contributed by atoms with Crippen molar-refractivity contribution in [1.29, 1.82) is 0 Å². The van der Waals surface area contributed by atoms with Gasteiger partial charge in [0.25, 0.3) is 0 Å². The maximum atomic E-state index is 10.7. The van der Waals surface area contributed by atoms with Crippen molar-refractivity contribution < 1.29 is 5.11 Å². The lowest BCUT2D eigenvalue weighted by Crippen LogP contribution is -2.54. The van der Waals surface area contributed by atoms with Gasteiger partial charge in [0.1, 0.15) is 5.75 Å². The van der Waals surface area contributed by atoms with E-state index >= 15 is 0 Å². The molecule has 1 aliphatic carbocycles. The summed E-state index contributed by atoms with van der Waals surface area (Å²) in [5.41, 5.74) is 5.47. The highest BCUT2D eigenvalue weighted by Gasteiger charge is 2.28. The van der Waals surface area contributed by atoms with Crippen LogP contribution in [0.5, 0.6) is 5.75 Å². The molecule has 1 saturated heterocycles. The second kappa shape index (κ2) is 8.15. The molecule has 0 bridgehead atoms. The number of phenolic OH excluding ortho intramolecular Hbond substituents is 1. The maximum absolute atomic E-state index is 10.7. The van der Waals surface area contributed by atoms with Crippen molar-refractivity contribution >= 4 is 40.0 Å². The summed E-state index contributed by atoms with van der Waals surface area (Å²) in [6.07, 6.45) is 6.29. The normalized spacial score (nSPS) is 20.9. The molecule has 4 heterocycles. The first-order chi connectivity index (χ1) is 15.4. The Morgan fingerprint density at radius 1 is 1.06 bits per heavy atom. The fourth-order valence-electron chi connectivity index (χ4n) is 5.09. The number of hydrogen-bond acceptors (Lipinski definition) is 6. The highest BCUT2D eigenvalue weighted by atomic mass is 35.5.